The molecule has 1 aromatic rings. The number of carboxylic acid groups (broad SMARTS) is 1. The molecule has 1 N–H and O–H groups in total. The molecular weight excluding hydrogens is 244 g/mol. The van der Waals surface area contributed by atoms with Crippen molar-refractivity contribution in [3.05, 3.63) is 35.4 Å². The average Bonchev–Trinajstić information content (AvgIpc) is 2.27. The molecule has 0 fully saturated rings. The lowest BCUT2D eigenvalue weighted by atomic mass is 9.96. The average molecular weight is 257 g/mol. The van der Waals surface area contributed by atoms with E-state index >= 15 is 0 Å². The highest BCUT2D eigenvalue weighted by atomic mass is 35.5. The monoisotopic (exact) mass is 256 g/mol. The van der Waals surface area contributed by atoms with Crippen molar-refractivity contribution in [3.63, 3.8) is 0 Å². The molecular formula is C12H13ClO4. The normalized spacial score (nSPS) is 13.8. The fourth-order valence-corrected chi connectivity index (χ4v) is 1.75. The second-order valence-electron chi connectivity index (χ2n) is 3.64. The molecule has 0 saturated heterocycles. The zero-order valence-corrected chi connectivity index (χ0v) is 10.3. The maximum Gasteiger partial charge on any atom is 0.335 e. The largest absolute Gasteiger partial charge is 0.478 e. The minimum atomic E-state index is -1.03. The van der Waals surface area contributed by atoms with Crippen LogP contribution in [0.3, 0.4) is 0 Å². The van der Waals surface area contributed by atoms with Crippen LogP contribution in [0.4, 0.5) is 0 Å². The van der Waals surface area contributed by atoms with Gasteiger partial charge in [0, 0.05) is 12.8 Å². The molecule has 0 saturated carbocycles. The van der Waals surface area contributed by atoms with E-state index in [9.17, 15) is 9.59 Å². The highest BCUT2D eigenvalue weighted by molar-refractivity contribution is 6.20. The molecule has 0 radical (unpaired) electrons. The second-order valence-corrected chi connectivity index (χ2v) is 4.07. The van der Waals surface area contributed by atoms with E-state index in [1.165, 1.54) is 13.0 Å². The number of alkyl halides is 1. The molecule has 0 aromatic heterocycles. The van der Waals surface area contributed by atoms with Crippen molar-refractivity contribution in [3.8, 4) is 0 Å². The third-order valence-corrected chi connectivity index (χ3v) is 2.82. The van der Waals surface area contributed by atoms with Crippen LogP contribution < -0.4 is 0 Å². The summed E-state index contributed by atoms with van der Waals surface area (Å²) in [5, 5.41) is 9.03. The maximum atomic E-state index is 11.0. The molecule has 4 nitrogen and oxygen atoms in total. The second kappa shape index (κ2) is 5.68. The summed E-state index contributed by atoms with van der Waals surface area (Å²) in [7, 11) is 0. The van der Waals surface area contributed by atoms with E-state index in [1.807, 2.05) is 0 Å². The molecule has 1 rings (SSSR count). The zero-order chi connectivity index (χ0) is 13.0. The van der Waals surface area contributed by atoms with Crippen LogP contribution in [-0.4, -0.2) is 22.6 Å². The van der Waals surface area contributed by atoms with Crippen molar-refractivity contribution < 1.29 is 19.4 Å². The number of ether oxygens (including phenoxy) is 1. The van der Waals surface area contributed by atoms with Gasteiger partial charge in [-0.2, -0.15) is 0 Å². The topological polar surface area (TPSA) is 63.6 Å². The van der Waals surface area contributed by atoms with E-state index in [2.05, 4.69) is 0 Å². The van der Waals surface area contributed by atoms with E-state index in [0.29, 0.717) is 5.56 Å². The number of esters is 1. The van der Waals surface area contributed by atoms with Crippen LogP contribution in [0.2, 0.25) is 0 Å². The molecule has 2 atom stereocenters. The Morgan fingerprint density at radius 3 is 2.47 bits per heavy atom. The van der Waals surface area contributed by atoms with Gasteiger partial charge in [0.1, 0.15) is 0 Å². The van der Waals surface area contributed by atoms with Gasteiger partial charge < -0.3 is 9.84 Å². The van der Waals surface area contributed by atoms with Gasteiger partial charge in [-0.3, -0.25) is 4.79 Å². The first-order valence-electron chi connectivity index (χ1n) is 5.07. The maximum absolute atomic E-state index is 11.0. The van der Waals surface area contributed by atoms with Crippen molar-refractivity contribution in [2.45, 2.75) is 25.3 Å². The minimum absolute atomic E-state index is 0.165. The molecule has 17 heavy (non-hydrogen) atoms. The van der Waals surface area contributed by atoms with E-state index in [0.717, 1.165) is 0 Å². The number of hydrogen-bond donors (Lipinski definition) is 1. The van der Waals surface area contributed by atoms with E-state index in [1.54, 1.807) is 25.1 Å². The molecule has 1 aromatic carbocycles. The van der Waals surface area contributed by atoms with Crippen LogP contribution in [0.5, 0.6) is 0 Å². The van der Waals surface area contributed by atoms with Crippen molar-refractivity contribution in [1.82, 2.24) is 0 Å². The lowest BCUT2D eigenvalue weighted by Crippen LogP contribution is -2.19. The molecule has 0 aliphatic carbocycles. The number of rotatable bonds is 4. The molecule has 5 heteroatoms. The summed E-state index contributed by atoms with van der Waals surface area (Å²) < 4.78 is 4.83. The number of aromatic carboxylic acids is 1. The fourth-order valence-electron chi connectivity index (χ4n) is 1.49. The van der Waals surface area contributed by atoms with E-state index in [4.69, 9.17) is 21.4 Å². The Morgan fingerprint density at radius 1 is 1.35 bits per heavy atom. The predicted octanol–water partition coefficient (Wildman–Crippen LogP) is 2.62. The van der Waals surface area contributed by atoms with Gasteiger partial charge in [0.15, 0.2) is 5.56 Å². The molecule has 0 bridgehead atoms. The number of carbonyl (C=O) groups is 2. The van der Waals surface area contributed by atoms with Gasteiger partial charge in [-0.15, -0.1) is 0 Å². The first kappa shape index (κ1) is 13.5. The molecule has 0 spiro atoms. The number of hydrogen-bond acceptors (Lipinski definition) is 3. The summed E-state index contributed by atoms with van der Waals surface area (Å²) in [5.41, 5.74) is -0.174. The standard InChI is InChI=1S/C12H13ClO4/c1-7(11(13)17-8(2)14)9-5-3-4-6-10(9)12(15)16/h3-7,11H,1-2H3,(H,15,16). The molecule has 0 heterocycles. The minimum Gasteiger partial charge on any atom is -0.478 e. The van der Waals surface area contributed by atoms with Gasteiger partial charge in [0.05, 0.1) is 5.56 Å². The summed E-state index contributed by atoms with van der Waals surface area (Å²) >= 11 is 5.90. The van der Waals surface area contributed by atoms with Crippen molar-refractivity contribution in [1.29, 1.82) is 0 Å². The van der Waals surface area contributed by atoms with Gasteiger partial charge in [-0.05, 0) is 11.6 Å². The lowest BCUT2D eigenvalue weighted by molar-refractivity contribution is -0.143. The molecule has 0 aliphatic heterocycles. The van der Waals surface area contributed by atoms with Gasteiger partial charge >= 0.3 is 11.9 Å². The van der Waals surface area contributed by atoms with Gasteiger partial charge in [-0.1, -0.05) is 36.7 Å². The highest BCUT2D eigenvalue weighted by Gasteiger charge is 2.23. The summed E-state index contributed by atoms with van der Waals surface area (Å²) in [6.45, 7) is 2.97. The molecule has 0 amide bonds. The smallest absolute Gasteiger partial charge is 0.335 e. The van der Waals surface area contributed by atoms with Crippen molar-refractivity contribution >= 4 is 23.5 Å². The highest BCUT2D eigenvalue weighted by Crippen LogP contribution is 2.27. The molecule has 0 aliphatic rings. The number of carbonyl (C=O) groups excluding carboxylic acids is 1. The Labute approximate surface area is 104 Å². The van der Waals surface area contributed by atoms with Crippen LogP contribution in [0, 0.1) is 0 Å². The van der Waals surface area contributed by atoms with Crippen LogP contribution >= 0.6 is 11.6 Å². The quantitative estimate of drug-likeness (QED) is 0.664. The predicted molar refractivity (Wildman–Crippen MR) is 63.2 cm³/mol. The first-order valence-corrected chi connectivity index (χ1v) is 5.50. The summed E-state index contributed by atoms with van der Waals surface area (Å²) in [6.07, 6.45) is 0. The van der Waals surface area contributed by atoms with Gasteiger partial charge in [0.2, 0.25) is 0 Å². The SMILES string of the molecule is CC(=O)OC(Cl)C(C)c1ccccc1C(=O)O. The van der Waals surface area contributed by atoms with Crippen LogP contribution in [0.25, 0.3) is 0 Å². The van der Waals surface area contributed by atoms with E-state index < -0.39 is 23.4 Å². The number of halogens is 1. The Hall–Kier alpha value is -1.55. The third kappa shape index (κ3) is 3.46. The zero-order valence-electron chi connectivity index (χ0n) is 9.51. The van der Waals surface area contributed by atoms with E-state index in [-0.39, 0.29) is 5.56 Å². The Bertz CT molecular complexity index is 430. The molecule has 92 valence electrons. The Balaban J connectivity index is 2.99. The van der Waals surface area contributed by atoms with Crippen molar-refractivity contribution in [2.75, 3.05) is 0 Å². The van der Waals surface area contributed by atoms with Crippen LogP contribution in [-0.2, 0) is 9.53 Å². The Kier molecular flexibility index (Phi) is 4.52. The third-order valence-electron chi connectivity index (χ3n) is 2.35. The lowest BCUT2D eigenvalue weighted by Gasteiger charge is -2.19. The summed E-state index contributed by atoms with van der Waals surface area (Å²) in [4.78, 5) is 21.8. The fraction of sp³-hybridized carbons (Fsp3) is 0.333. The summed E-state index contributed by atoms with van der Waals surface area (Å²) in [5.74, 6) is -1.92. The van der Waals surface area contributed by atoms with Gasteiger partial charge in [-0.25, -0.2) is 4.79 Å². The number of benzene rings is 1. The molecule has 2 unspecified atom stereocenters. The van der Waals surface area contributed by atoms with Crippen molar-refractivity contribution in [2.24, 2.45) is 0 Å². The number of carboxylic acids is 1. The first-order chi connectivity index (χ1) is 7.93. The van der Waals surface area contributed by atoms with Crippen LogP contribution in [0.1, 0.15) is 35.7 Å². The summed E-state index contributed by atoms with van der Waals surface area (Å²) in [6, 6.07) is 6.50. The Morgan fingerprint density at radius 2 is 1.94 bits per heavy atom. The van der Waals surface area contributed by atoms with Crippen LogP contribution in [0.15, 0.2) is 24.3 Å². The van der Waals surface area contributed by atoms with Gasteiger partial charge in [0.25, 0.3) is 0 Å².